The van der Waals surface area contributed by atoms with Gasteiger partial charge in [0.25, 0.3) is 0 Å². The molecule has 0 amide bonds. The van der Waals surface area contributed by atoms with Gasteiger partial charge < -0.3 is 5.73 Å². The van der Waals surface area contributed by atoms with Gasteiger partial charge in [-0.05, 0) is 31.5 Å². The summed E-state index contributed by atoms with van der Waals surface area (Å²) >= 11 is 1.49. The van der Waals surface area contributed by atoms with E-state index in [4.69, 9.17) is 5.73 Å². The van der Waals surface area contributed by atoms with Crippen LogP contribution in [0.25, 0.3) is 0 Å². The minimum absolute atomic E-state index is 0.0331. The third-order valence-corrected chi connectivity index (χ3v) is 5.33. The number of anilines is 1. The van der Waals surface area contributed by atoms with Crippen molar-refractivity contribution in [3.8, 4) is 0 Å². The van der Waals surface area contributed by atoms with Crippen LogP contribution in [-0.4, -0.2) is 19.9 Å². The number of nitrogen functional groups attached to an aromatic ring is 1. The molecule has 0 radical (unpaired) electrons. The second-order valence-corrected chi connectivity index (χ2v) is 7.38. The van der Waals surface area contributed by atoms with Gasteiger partial charge in [0.1, 0.15) is 5.82 Å². The fourth-order valence-electron chi connectivity index (χ4n) is 1.81. The standard InChI is InChI=1S/C13H16FN3O2S2/c1-8-5-10(6-11(15)13(8)14)21(18,19)16-4-3-12-17-9(2)7-20-12/h5-7,16H,3-4,15H2,1-2H3. The van der Waals surface area contributed by atoms with E-state index in [1.54, 1.807) is 0 Å². The molecule has 2 rings (SSSR count). The molecule has 0 aliphatic heterocycles. The lowest BCUT2D eigenvalue weighted by atomic mass is 10.2. The van der Waals surface area contributed by atoms with Gasteiger partial charge in [0.2, 0.25) is 10.0 Å². The molecule has 2 aromatic rings. The summed E-state index contributed by atoms with van der Waals surface area (Å²) in [5.41, 5.74) is 6.41. The van der Waals surface area contributed by atoms with Crippen molar-refractivity contribution in [2.45, 2.75) is 25.2 Å². The lowest BCUT2D eigenvalue weighted by molar-refractivity contribution is 0.580. The Labute approximate surface area is 127 Å². The smallest absolute Gasteiger partial charge is 0.240 e. The van der Waals surface area contributed by atoms with Crippen molar-refractivity contribution >= 4 is 27.0 Å². The van der Waals surface area contributed by atoms with Crippen molar-refractivity contribution in [3.63, 3.8) is 0 Å². The SMILES string of the molecule is Cc1csc(CCNS(=O)(=O)c2cc(C)c(F)c(N)c2)n1. The average molecular weight is 329 g/mol. The highest BCUT2D eigenvalue weighted by atomic mass is 32.2. The van der Waals surface area contributed by atoms with E-state index in [1.807, 2.05) is 12.3 Å². The van der Waals surface area contributed by atoms with E-state index in [2.05, 4.69) is 9.71 Å². The van der Waals surface area contributed by atoms with Gasteiger partial charge in [0.05, 0.1) is 15.6 Å². The van der Waals surface area contributed by atoms with E-state index >= 15 is 0 Å². The lowest BCUT2D eigenvalue weighted by Gasteiger charge is -2.09. The highest BCUT2D eigenvalue weighted by Crippen LogP contribution is 2.20. The number of aryl methyl sites for hydroxylation is 2. The van der Waals surface area contributed by atoms with Gasteiger partial charge in [-0.25, -0.2) is 22.5 Å². The normalized spacial score (nSPS) is 11.8. The van der Waals surface area contributed by atoms with Crippen molar-refractivity contribution in [2.75, 3.05) is 12.3 Å². The number of rotatable bonds is 5. The van der Waals surface area contributed by atoms with Crippen molar-refractivity contribution in [1.29, 1.82) is 0 Å². The van der Waals surface area contributed by atoms with Crippen LogP contribution in [0.1, 0.15) is 16.3 Å². The van der Waals surface area contributed by atoms with Crippen molar-refractivity contribution < 1.29 is 12.8 Å². The Bertz CT molecular complexity index is 734. The zero-order valence-electron chi connectivity index (χ0n) is 11.7. The zero-order valence-corrected chi connectivity index (χ0v) is 13.3. The van der Waals surface area contributed by atoms with E-state index < -0.39 is 15.8 Å². The van der Waals surface area contributed by atoms with Crippen LogP contribution in [0.4, 0.5) is 10.1 Å². The number of aromatic nitrogens is 1. The van der Waals surface area contributed by atoms with Gasteiger partial charge in [-0.3, -0.25) is 0 Å². The quantitative estimate of drug-likeness (QED) is 0.822. The van der Waals surface area contributed by atoms with Crippen LogP contribution in [0, 0.1) is 19.7 Å². The first kappa shape index (κ1) is 15.9. The van der Waals surface area contributed by atoms with Gasteiger partial charge in [-0.2, -0.15) is 0 Å². The molecule has 21 heavy (non-hydrogen) atoms. The van der Waals surface area contributed by atoms with Gasteiger partial charge in [-0.1, -0.05) is 0 Å². The third kappa shape index (κ3) is 3.78. The van der Waals surface area contributed by atoms with E-state index in [9.17, 15) is 12.8 Å². The Morgan fingerprint density at radius 2 is 2.10 bits per heavy atom. The van der Waals surface area contributed by atoms with Gasteiger partial charge in [0.15, 0.2) is 0 Å². The average Bonchev–Trinajstić information content (AvgIpc) is 2.81. The summed E-state index contributed by atoms with van der Waals surface area (Å²) in [6, 6.07) is 2.39. The van der Waals surface area contributed by atoms with E-state index in [0.717, 1.165) is 16.8 Å². The Morgan fingerprint density at radius 1 is 1.38 bits per heavy atom. The predicted molar refractivity (Wildman–Crippen MR) is 81.3 cm³/mol. The van der Waals surface area contributed by atoms with Crippen LogP contribution < -0.4 is 10.5 Å². The summed E-state index contributed by atoms with van der Waals surface area (Å²) in [7, 11) is -3.71. The number of hydrogen-bond donors (Lipinski definition) is 2. The molecule has 0 unspecified atom stereocenters. The molecule has 0 fully saturated rings. The maximum atomic E-state index is 13.4. The molecule has 1 aromatic carbocycles. The van der Waals surface area contributed by atoms with Gasteiger partial charge in [-0.15, -0.1) is 11.3 Å². The number of nitrogens with one attached hydrogen (secondary N) is 1. The minimum Gasteiger partial charge on any atom is -0.396 e. The predicted octanol–water partition coefficient (Wildman–Crippen LogP) is 2.00. The fraction of sp³-hybridized carbons (Fsp3) is 0.308. The summed E-state index contributed by atoms with van der Waals surface area (Å²) in [5.74, 6) is -0.591. The molecule has 0 spiro atoms. The number of benzene rings is 1. The minimum atomic E-state index is -3.71. The van der Waals surface area contributed by atoms with Crippen LogP contribution in [0.15, 0.2) is 22.4 Å². The Balaban J connectivity index is 2.08. The first-order valence-corrected chi connectivity index (χ1v) is 8.62. The third-order valence-electron chi connectivity index (χ3n) is 2.86. The second kappa shape index (κ2) is 6.08. The Hall–Kier alpha value is -1.51. The number of nitrogens with two attached hydrogens (primary N) is 1. The Kier molecular flexibility index (Phi) is 4.60. The molecule has 114 valence electrons. The van der Waals surface area contributed by atoms with E-state index in [1.165, 1.54) is 24.3 Å². The van der Waals surface area contributed by atoms with Crippen molar-refractivity contribution in [1.82, 2.24) is 9.71 Å². The lowest BCUT2D eigenvalue weighted by Crippen LogP contribution is -2.26. The largest absolute Gasteiger partial charge is 0.396 e. The molecule has 5 nitrogen and oxygen atoms in total. The van der Waals surface area contributed by atoms with Crippen molar-refractivity contribution in [3.05, 3.63) is 39.6 Å². The maximum Gasteiger partial charge on any atom is 0.240 e. The summed E-state index contributed by atoms with van der Waals surface area (Å²) in [6.07, 6.45) is 0.507. The molecular weight excluding hydrogens is 313 g/mol. The van der Waals surface area contributed by atoms with Gasteiger partial charge >= 0.3 is 0 Å². The Morgan fingerprint density at radius 3 is 2.67 bits per heavy atom. The first-order valence-electron chi connectivity index (χ1n) is 6.26. The van der Waals surface area contributed by atoms with Crippen LogP contribution >= 0.6 is 11.3 Å². The first-order chi connectivity index (χ1) is 9.79. The monoisotopic (exact) mass is 329 g/mol. The summed E-state index contributed by atoms with van der Waals surface area (Å²) in [5, 5.41) is 2.78. The number of nitrogens with zero attached hydrogens (tertiary/aromatic N) is 1. The molecule has 0 aliphatic carbocycles. The van der Waals surface area contributed by atoms with Crippen LogP contribution in [0.5, 0.6) is 0 Å². The number of thiazole rings is 1. The zero-order chi connectivity index (χ0) is 15.6. The van der Waals surface area contributed by atoms with E-state index in [-0.39, 0.29) is 22.7 Å². The highest BCUT2D eigenvalue weighted by molar-refractivity contribution is 7.89. The highest BCUT2D eigenvalue weighted by Gasteiger charge is 2.17. The molecule has 1 heterocycles. The molecule has 0 aliphatic rings. The number of halogens is 1. The molecule has 0 saturated heterocycles. The summed E-state index contributed by atoms with van der Waals surface area (Å²) in [4.78, 5) is 4.22. The molecule has 0 atom stereocenters. The summed E-state index contributed by atoms with van der Waals surface area (Å²) in [6.45, 7) is 3.59. The van der Waals surface area contributed by atoms with Crippen LogP contribution in [0.2, 0.25) is 0 Å². The van der Waals surface area contributed by atoms with Crippen LogP contribution in [-0.2, 0) is 16.4 Å². The van der Waals surface area contributed by atoms with Crippen LogP contribution in [0.3, 0.4) is 0 Å². The molecule has 0 bridgehead atoms. The number of sulfonamides is 1. The van der Waals surface area contributed by atoms with Gasteiger partial charge in [0, 0.05) is 24.0 Å². The maximum absolute atomic E-state index is 13.4. The molecule has 8 heteroatoms. The van der Waals surface area contributed by atoms with E-state index in [0.29, 0.717) is 6.42 Å². The molecule has 3 N–H and O–H groups in total. The molecular formula is C13H16FN3O2S2. The fourth-order valence-corrected chi connectivity index (χ4v) is 3.74. The summed E-state index contributed by atoms with van der Waals surface area (Å²) < 4.78 is 40.2. The molecule has 1 aromatic heterocycles. The topological polar surface area (TPSA) is 85.1 Å². The van der Waals surface area contributed by atoms with Crippen molar-refractivity contribution in [2.24, 2.45) is 0 Å². The second-order valence-electron chi connectivity index (χ2n) is 4.67. The number of hydrogen-bond acceptors (Lipinski definition) is 5. The molecule has 0 saturated carbocycles.